The molecule has 0 saturated heterocycles. The molecule has 186 valence electrons. The number of methoxy groups -OCH3 is 1. The Morgan fingerprint density at radius 3 is 2.51 bits per heavy atom. The molecule has 0 radical (unpaired) electrons. The van der Waals surface area contributed by atoms with Crippen LogP contribution in [0.5, 0.6) is 5.75 Å². The minimum absolute atomic E-state index is 0.00481. The number of hydrogen-bond donors (Lipinski definition) is 2. The zero-order valence-corrected chi connectivity index (χ0v) is 20.4. The fraction of sp³-hybridized carbons (Fsp3) is 0.0741. The molecule has 0 saturated carbocycles. The number of nitrogens with one attached hydrogen (secondary N) is 1. The first kappa shape index (κ1) is 24.4. The molecule has 1 aliphatic heterocycles. The second-order valence-corrected chi connectivity index (χ2v) is 8.64. The van der Waals surface area contributed by atoms with E-state index in [1.807, 2.05) is 6.07 Å². The zero-order chi connectivity index (χ0) is 26.3. The molecule has 0 bridgehead atoms. The molecule has 37 heavy (non-hydrogen) atoms. The Morgan fingerprint density at radius 1 is 1.08 bits per heavy atom. The molecule has 0 aliphatic carbocycles. The van der Waals surface area contributed by atoms with Gasteiger partial charge in [-0.2, -0.15) is 5.23 Å². The van der Waals surface area contributed by atoms with Crippen LogP contribution in [0.3, 0.4) is 0 Å². The predicted molar refractivity (Wildman–Crippen MR) is 139 cm³/mol. The first-order valence-corrected chi connectivity index (χ1v) is 11.5. The molecule has 2 heterocycles. The van der Waals surface area contributed by atoms with E-state index < -0.39 is 16.8 Å². The van der Waals surface area contributed by atoms with Crippen LogP contribution >= 0.6 is 11.6 Å². The van der Waals surface area contributed by atoms with E-state index in [0.29, 0.717) is 28.0 Å². The van der Waals surface area contributed by atoms with Crippen LogP contribution in [0.4, 0.5) is 11.4 Å². The lowest BCUT2D eigenvalue weighted by atomic mass is 10.1. The van der Waals surface area contributed by atoms with E-state index in [0.717, 1.165) is 0 Å². The summed E-state index contributed by atoms with van der Waals surface area (Å²) in [5, 5.41) is 20.9. The van der Waals surface area contributed by atoms with Gasteiger partial charge in [-0.05, 0) is 55.0 Å². The van der Waals surface area contributed by atoms with Crippen molar-refractivity contribution in [3.05, 3.63) is 110 Å². The first-order chi connectivity index (χ1) is 17.8. The van der Waals surface area contributed by atoms with Gasteiger partial charge in [-0.25, -0.2) is 15.0 Å². The molecule has 1 aromatic heterocycles. The number of para-hydroxylation sites is 1. The highest BCUT2D eigenvalue weighted by Crippen LogP contribution is 2.34. The summed E-state index contributed by atoms with van der Waals surface area (Å²) in [6.45, 7) is 1.61. The number of carbonyl (C=O) groups is 1. The summed E-state index contributed by atoms with van der Waals surface area (Å²) in [6, 6.07) is 19.6. The molecule has 0 spiro atoms. The molecule has 9 nitrogen and oxygen atoms in total. The number of anilines is 1. The van der Waals surface area contributed by atoms with Crippen molar-refractivity contribution in [3.8, 4) is 5.75 Å². The van der Waals surface area contributed by atoms with Crippen LogP contribution < -0.4 is 20.5 Å². The highest BCUT2D eigenvalue weighted by Gasteiger charge is 2.36. The summed E-state index contributed by atoms with van der Waals surface area (Å²) in [5.41, 5.74) is 0.998. The molecule has 1 atom stereocenters. The Balaban J connectivity index is 1.73. The van der Waals surface area contributed by atoms with E-state index in [-0.39, 0.29) is 33.4 Å². The lowest BCUT2D eigenvalue weighted by Gasteiger charge is -2.20. The van der Waals surface area contributed by atoms with Gasteiger partial charge in [0, 0.05) is 23.1 Å². The van der Waals surface area contributed by atoms with Gasteiger partial charge in [0.25, 0.3) is 5.91 Å². The normalized spacial score (nSPS) is 15.6. The summed E-state index contributed by atoms with van der Waals surface area (Å²) in [4.78, 5) is 32.5. The summed E-state index contributed by atoms with van der Waals surface area (Å²) in [5.74, 6) is 0.199. The SMILES string of the molecule is COc1ccc(N2C(=O)/C(=C(/C)c3cc4ccccc4oc3=O)N=C2c2cc([NH+]([O-])O)ccc2Cl)cc1. The number of aliphatic imine (C=N–C) groups is 1. The summed E-state index contributed by atoms with van der Waals surface area (Å²) < 4.78 is 10.7. The Labute approximate surface area is 215 Å². The van der Waals surface area contributed by atoms with Crippen LogP contribution in [-0.4, -0.2) is 24.1 Å². The van der Waals surface area contributed by atoms with E-state index in [1.54, 1.807) is 55.5 Å². The lowest BCUT2D eigenvalue weighted by molar-refractivity contribution is -0.991. The molecule has 2 N–H and O–H groups in total. The van der Waals surface area contributed by atoms with E-state index in [1.165, 1.54) is 30.2 Å². The van der Waals surface area contributed by atoms with Crippen molar-refractivity contribution < 1.29 is 24.4 Å². The van der Waals surface area contributed by atoms with Crippen molar-refractivity contribution in [1.29, 1.82) is 0 Å². The van der Waals surface area contributed by atoms with Crippen molar-refractivity contribution in [2.45, 2.75) is 6.92 Å². The molecular weight excluding hydrogens is 498 g/mol. The largest absolute Gasteiger partial charge is 0.595 e. The Morgan fingerprint density at radius 2 is 1.81 bits per heavy atom. The fourth-order valence-corrected chi connectivity index (χ4v) is 4.28. The van der Waals surface area contributed by atoms with Crippen LogP contribution in [-0.2, 0) is 4.79 Å². The van der Waals surface area contributed by atoms with Gasteiger partial charge in [-0.3, -0.25) is 9.69 Å². The van der Waals surface area contributed by atoms with Crippen molar-refractivity contribution in [3.63, 3.8) is 0 Å². The summed E-state index contributed by atoms with van der Waals surface area (Å²) >= 11 is 6.45. The van der Waals surface area contributed by atoms with Gasteiger partial charge in [-0.15, -0.1) is 0 Å². The lowest BCUT2D eigenvalue weighted by Crippen LogP contribution is -2.99. The van der Waals surface area contributed by atoms with E-state index in [9.17, 15) is 20.0 Å². The third kappa shape index (κ3) is 4.41. The van der Waals surface area contributed by atoms with Crippen molar-refractivity contribution >= 4 is 51.3 Å². The average Bonchev–Trinajstić information content (AvgIpc) is 3.24. The number of quaternary nitrogens is 1. The summed E-state index contributed by atoms with van der Waals surface area (Å²) in [6.07, 6.45) is 0. The van der Waals surface area contributed by atoms with E-state index in [4.69, 9.17) is 20.8 Å². The predicted octanol–water partition coefficient (Wildman–Crippen LogP) is 4.08. The Bertz CT molecular complexity index is 1660. The molecule has 1 aliphatic rings. The van der Waals surface area contributed by atoms with Gasteiger partial charge in [-0.1, -0.05) is 29.8 Å². The molecule has 1 unspecified atom stereocenters. The molecular formula is C27H20ClN3O6. The van der Waals surface area contributed by atoms with E-state index in [2.05, 4.69) is 4.99 Å². The topological polar surface area (TPSA) is 120 Å². The van der Waals surface area contributed by atoms with Gasteiger partial charge >= 0.3 is 5.63 Å². The van der Waals surface area contributed by atoms with Crippen LogP contribution in [0.15, 0.2) is 92.7 Å². The highest BCUT2D eigenvalue weighted by atomic mass is 35.5. The summed E-state index contributed by atoms with van der Waals surface area (Å²) in [7, 11) is 1.53. The molecule has 0 fully saturated rings. The van der Waals surface area contributed by atoms with Gasteiger partial charge in [0.2, 0.25) is 0 Å². The number of allylic oxidation sites excluding steroid dienone is 1. The Hall–Kier alpha value is -4.28. The Kier molecular flexibility index (Phi) is 6.36. The van der Waals surface area contributed by atoms with Gasteiger partial charge in [0.1, 0.15) is 22.9 Å². The van der Waals surface area contributed by atoms with Crippen molar-refractivity contribution in [2.24, 2.45) is 4.99 Å². The van der Waals surface area contributed by atoms with Gasteiger partial charge in [0.05, 0.1) is 23.4 Å². The number of amidine groups is 1. The van der Waals surface area contributed by atoms with Crippen molar-refractivity contribution in [1.82, 2.24) is 0 Å². The van der Waals surface area contributed by atoms with Crippen LogP contribution in [0.2, 0.25) is 5.02 Å². The number of benzene rings is 3. The minimum Gasteiger partial charge on any atom is -0.595 e. The maximum absolute atomic E-state index is 13.8. The van der Waals surface area contributed by atoms with Crippen molar-refractivity contribution in [2.75, 3.05) is 12.0 Å². The van der Waals surface area contributed by atoms with Crippen LogP contribution in [0, 0.1) is 5.21 Å². The molecule has 4 aromatic rings. The maximum Gasteiger partial charge on any atom is 0.343 e. The monoisotopic (exact) mass is 517 g/mol. The fourth-order valence-electron chi connectivity index (χ4n) is 4.08. The molecule has 1 amide bonds. The number of hydrogen-bond acceptors (Lipinski definition) is 7. The van der Waals surface area contributed by atoms with Gasteiger partial charge in [0.15, 0.2) is 5.69 Å². The number of rotatable bonds is 5. The average molecular weight is 518 g/mol. The number of amides is 1. The van der Waals surface area contributed by atoms with Crippen LogP contribution in [0.25, 0.3) is 16.5 Å². The van der Waals surface area contributed by atoms with Crippen LogP contribution in [0.1, 0.15) is 18.1 Å². The highest BCUT2D eigenvalue weighted by molar-refractivity contribution is 6.40. The smallest absolute Gasteiger partial charge is 0.343 e. The maximum atomic E-state index is 13.8. The first-order valence-electron chi connectivity index (χ1n) is 11.1. The molecule has 3 aromatic carbocycles. The number of carbonyl (C=O) groups excluding carboxylic acids is 1. The molecule has 10 heteroatoms. The third-order valence-electron chi connectivity index (χ3n) is 6.02. The number of nitrogens with zero attached hydrogens (tertiary/aromatic N) is 2. The number of fused-ring (bicyclic) bond motifs is 1. The quantitative estimate of drug-likeness (QED) is 0.234. The van der Waals surface area contributed by atoms with E-state index >= 15 is 0 Å². The minimum atomic E-state index is -1.15. The number of ether oxygens (including phenoxy) is 1. The van der Waals surface area contributed by atoms with Gasteiger partial charge < -0.3 is 14.4 Å². The third-order valence-corrected chi connectivity index (χ3v) is 6.35. The standard InChI is InChI=1S/C27H20ClN3O6/c1-15(20-13-16-5-3-4-6-23(16)37-27(20)33)24-26(32)30(17-7-10-19(36-2)11-8-17)25(29-24)21-14-18(31(34)35)9-12-22(21)28/h3-14,31,34H,1-2H3/b24-15+. The molecule has 5 rings (SSSR count). The second-order valence-electron chi connectivity index (χ2n) is 8.23. The second kappa shape index (κ2) is 9.64. The zero-order valence-electron chi connectivity index (χ0n) is 19.7. The number of halogens is 1.